The average molecular weight is 361 g/mol. The van der Waals surface area contributed by atoms with Crippen molar-refractivity contribution in [3.05, 3.63) is 23.8 Å². The maximum atomic E-state index is 12.9. The third kappa shape index (κ3) is 4.59. The van der Waals surface area contributed by atoms with Crippen LogP contribution in [0.15, 0.2) is 18.2 Å². The van der Waals surface area contributed by atoms with E-state index in [0.717, 1.165) is 5.69 Å². The quantitative estimate of drug-likeness (QED) is 0.786. The van der Waals surface area contributed by atoms with Crippen LogP contribution in [0, 0.1) is 0 Å². The molecule has 7 heteroatoms. The van der Waals surface area contributed by atoms with E-state index in [1.54, 1.807) is 11.0 Å². The van der Waals surface area contributed by atoms with E-state index in [1.165, 1.54) is 0 Å². The minimum absolute atomic E-state index is 0.00252. The molecule has 7 nitrogen and oxygen atoms in total. The number of nitrogens with zero attached hydrogens (tertiary/aromatic N) is 3. The van der Waals surface area contributed by atoms with Gasteiger partial charge < -0.3 is 25.8 Å². The summed E-state index contributed by atoms with van der Waals surface area (Å²) in [7, 11) is 0. The molecule has 0 aliphatic carbocycles. The molecule has 0 spiro atoms. The summed E-state index contributed by atoms with van der Waals surface area (Å²) in [5.74, 6) is -0.00252. The Labute approximate surface area is 156 Å². The van der Waals surface area contributed by atoms with Crippen molar-refractivity contribution in [3.8, 4) is 0 Å². The Kier molecular flexibility index (Phi) is 6.71. The van der Waals surface area contributed by atoms with Crippen molar-refractivity contribution < 1.29 is 9.59 Å². The molecule has 0 unspecified atom stereocenters. The van der Waals surface area contributed by atoms with Crippen LogP contribution in [0.1, 0.15) is 38.1 Å². The third-order valence-corrected chi connectivity index (χ3v) is 4.62. The number of carbonyl (C=O) groups excluding carboxylic acids is 2. The van der Waals surface area contributed by atoms with Gasteiger partial charge in [0.1, 0.15) is 0 Å². The number of urea groups is 1. The molecule has 144 valence electrons. The zero-order chi connectivity index (χ0) is 19.3. The Morgan fingerprint density at radius 2 is 1.77 bits per heavy atom. The van der Waals surface area contributed by atoms with Gasteiger partial charge in [0, 0.05) is 56.7 Å². The smallest absolute Gasteiger partial charge is 0.317 e. The van der Waals surface area contributed by atoms with Crippen molar-refractivity contribution in [1.29, 1.82) is 0 Å². The molecule has 1 aromatic rings. The minimum atomic E-state index is -0.0311. The number of amides is 3. The van der Waals surface area contributed by atoms with Gasteiger partial charge in [-0.05, 0) is 45.9 Å². The van der Waals surface area contributed by atoms with E-state index in [1.807, 2.05) is 44.7 Å². The van der Waals surface area contributed by atoms with Crippen LogP contribution in [0.4, 0.5) is 16.2 Å². The van der Waals surface area contributed by atoms with E-state index in [9.17, 15) is 9.59 Å². The SMILES string of the molecule is CCN(CC)C(=O)c1cc(N)ccc1N1CCN(C(=O)NC(C)C)CC1. The van der Waals surface area contributed by atoms with Crippen molar-refractivity contribution in [2.45, 2.75) is 33.7 Å². The van der Waals surface area contributed by atoms with Gasteiger partial charge >= 0.3 is 6.03 Å². The predicted octanol–water partition coefficient (Wildman–Crippen LogP) is 1.99. The maximum Gasteiger partial charge on any atom is 0.317 e. The Morgan fingerprint density at radius 1 is 1.15 bits per heavy atom. The number of nitrogens with two attached hydrogens (primary N) is 1. The number of anilines is 2. The molecule has 1 fully saturated rings. The fourth-order valence-corrected chi connectivity index (χ4v) is 3.17. The first-order chi connectivity index (χ1) is 12.4. The highest BCUT2D eigenvalue weighted by Crippen LogP contribution is 2.26. The molecule has 0 radical (unpaired) electrons. The fourth-order valence-electron chi connectivity index (χ4n) is 3.17. The second-order valence-corrected chi connectivity index (χ2v) is 6.83. The van der Waals surface area contributed by atoms with Gasteiger partial charge in [-0.15, -0.1) is 0 Å². The van der Waals surface area contributed by atoms with Gasteiger partial charge in [-0.3, -0.25) is 4.79 Å². The summed E-state index contributed by atoms with van der Waals surface area (Å²) in [6.45, 7) is 11.8. The predicted molar refractivity (Wildman–Crippen MR) is 106 cm³/mol. The van der Waals surface area contributed by atoms with Crippen molar-refractivity contribution in [3.63, 3.8) is 0 Å². The summed E-state index contributed by atoms with van der Waals surface area (Å²) >= 11 is 0. The van der Waals surface area contributed by atoms with Crippen LogP contribution in [0.5, 0.6) is 0 Å². The van der Waals surface area contributed by atoms with Gasteiger partial charge in [0.25, 0.3) is 5.91 Å². The summed E-state index contributed by atoms with van der Waals surface area (Å²) in [5.41, 5.74) is 8.04. The minimum Gasteiger partial charge on any atom is -0.399 e. The van der Waals surface area contributed by atoms with Crippen LogP contribution in [0.3, 0.4) is 0 Å². The second-order valence-electron chi connectivity index (χ2n) is 6.83. The highest BCUT2D eigenvalue weighted by atomic mass is 16.2. The molecule has 1 aliphatic rings. The molecule has 2 rings (SSSR count). The average Bonchev–Trinajstić information content (AvgIpc) is 2.62. The molecular weight excluding hydrogens is 330 g/mol. The lowest BCUT2D eigenvalue weighted by Crippen LogP contribution is -2.53. The second kappa shape index (κ2) is 8.78. The highest BCUT2D eigenvalue weighted by Gasteiger charge is 2.25. The molecule has 1 aromatic carbocycles. The first-order valence-corrected chi connectivity index (χ1v) is 9.36. The van der Waals surface area contributed by atoms with E-state index < -0.39 is 0 Å². The van der Waals surface area contributed by atoms with Gasteiger partial charge in [-0.1, -0.05) is 0 Å². The van der Waals surface area contributed by atoms with Crippen molar-refractivity contribution >= 4 is 23.3 Å². The van der Waals surface area contributed by atoms with Crippen molar-refractivity contribution in [2.24, 2.45) is 0 Å². The monoisotopic (exact) mass is 361 g/mol. The normalized spacial score (nSPS) is 14.5. The van der Waals surface area contributed by atoms with Crippen LogP contribution in [-0.4, -0.2) is 67.0 Å². The van der Waals surface area contributed by atoms with Gasteiger partial charge in [0.2, 0.25) is 0 Å². The number of piperazine rings is 1. The van der Waals surface area contributed by atoms with Gasteiger partial charge in [0.05, 0.1) is 5.56 Å². The zero-order valence-corrected chi connectivity index (χ0v) is 16.3. The molecule has 0 atom stereocenters. The molecule has 1 saturated heterocycles. The van der Waals surface area contributed by atoms with Gasteiger partial charge in [-0.2, -0.15) is 0 Å². The Balaban J connectivity index is 2.15. The van der Waals surface area contributed by atoms with E-state index >= 15 is 0 Å². The topological polar surface area (TPSA) is 81.9 Å². The number of nitrogens with one attached hydrogen (secondary N) is 1. The van der Waals surface area contributed by atoms with E-state index in [2.05, 4.69) is 10.2 Å². The van der Waals surface area contributed by atoms with Gasteiger partial charge in [0.15, 0.2) is 0 Å². The number of hydrogen-bond donors (Lipinski definition) is 2. The largest absolute Gasteiger partial charge is 0.399 e. The lowest BCUT2D eigenvalue weighted by atomic mass is 10.1. The molecule has 0 saturated carbocycles. The molecule has 0 bridgehead atoms. The van der Waals surface area contributed by atoms with Crippen molar-refractivity contribution in [1.82, 2.24) is 15.1 Å². The van der Waals surface area contributed by atoms with Crippen LogP contribution in [0.2, 0.25) is 0 Å². The lowest BCUT2D eigenvalue weighted by molar-refractivity contribution is 0.0773. The van der Waals surface area contributed by atoms with Crippen LogP contribution >= 0.6 is 0 Å². The van der Waals surface area contributed by atoms with E-state index in [0.29, 0.717) is 50.5 Å². The fraction of sp³-hybridized carbons (Fsp3) is 0.579. The summed E-state index contributed by atoms with van der Waals surface area (Å²) < 4.78 is 0. The van der Waals surface area contributed by atoms with Crippen LogP contribution < -0.4 is 16.0 Å². The molecule has 1 aliphatic heterocycles. The van der Waals surface area contributed by atoms with Crippen molar-refractivity contribution in [2.75, 3.05) is 49.9 Å². The third-order valence-electron chi connectivity index (χ3n) is 4.62. The number of hydrogen-bond acceptors (Lipinski definition) is 4. The van der Waals surface area contributed by atoms with E-state index in [4.69, 9.17) is 5.73 Å². The molecule has 3 amide bonds. The molecule has 0 aromatic heterocycles. The standard InChI is InChI=1S/C19H31N5O2/c1-5-22(6-2)18(25)16-13-15(20)7-8-17(16)23-9-11-24(12-10-23)19(26)21-14(3)4/h7-8,13-14H,5-6,9-12,20H2,1-4H3,(H,21,26). The van der Waals surface area contributed by atoms with Crippen LogP contribution in [-0.2, 0) is 0 Å². The summed E-state index contributed by atoms with van der Waals surface area (Å²) in [4.78, 5) is 30.8. The summed E-state index contributed by atoms with van der Waals surface area (Å²) in [6, 6.07) is 5.59. The number of carbonyl (C=O) groups is 2. The summed E-state index contributed by atoms with van der Waals surface area (Å²) in [5, 5.41) is 2.93. The molecular formula is C19H31N5O2. The number of benzene rings is 1. The first kappa shape index (κ1) is 19.9. The molecule has 3 N–H and O–H groups in total. The Morgan fingerprint density at radius 3 is 2.31 bits per heavy atom. The highest BCUT2D eigenvalue weighted by molar-refractivity contribution is 6.00. The lowest BCUT2D eigenvalue weighted by Gasteiger charge is -2.37. The number of rotatable bonds is 5. The maximum absolute atomic E-state index is 12.9. The van der Waals surface area contributed by atoms with Crippen LogP contribution in [0.25, 0.3) is 0 Å². The summed E-state index contributed by atoms with van der Waals surface area (Å²) in [6.07, 6.45) is 0. The number of nitrogen functional groups attached to an aromatic ring is 1. The van der Waals surface area contributed by atoms with E-state index in [-0.39, 0.29) is 18.0 Å². The molecule has 1 heterocycles. The zero-order valence-electron chi connectivity index (χ0n) is 16.3. The Bertz CT molecular complexity index is 635. The molecule has 26 heavy (non-hydrogen) atoms. The Hall–Kier alpha value is -2.44. The first-order valence-electron chi connectivity index (χ1n) is 9.36. The van der Waals surface area contributed by atoms with Gasteiger partial charge in [-0.25, -0.2) is 4.79 Å².